The molecule has 0 amide bonds. The first-order valence-electron chi connectivity index (χ1n) is 6.04. The molecule has 1 aromatic heterocycles. The lowest BCUT2D eigenvalue weighted by Crippen LogP contribution is -2.07. The smallest absolute Gasteiger partial charge is 0.118 e. The fourth-order valence-electron chi connectivity index (χ4n) is 1.96. The molecule has 0 aliphatic heterocycles. The van der Waals surface area contributed by atoms with E-state index in [1.54, 1.807) is 7.11 Å². The van der Waals surface area contributed by atoms with Crippen molar-refractivity contribution < 1.29 is 4.74 Å². The Balaban J connectivity index is 2.14. The highest BCUT2D eigenvalue weighted by Crippen LogP contribution is 2.24. The van der Waals surface area contributed by atoms with Crippen molar-refractivity contribution in [2.45, 2.75) is 26.8 Å². The minimum Gasteiger partial charge on any atom is -0.497 e. The SMILES string of the molecule is COc1ccc(C(C)Nc2c(C)n[nH]c2C)cc1. The number of aryl methyl sites for hydroxylation is 2. The number of H-pyrrole nitrogens is 1. The predicted molar refractivity (Wildman–Crippen MR) is 73.1 cm³/mol. The van der Waals surface area contributed by atoms with Gasteiger partial charge in [-0.05, 0) is 38.5 Å². The first-order chi connectivity index (χ1) is 8.61. The summed E-state index contributed by atoms with van der Waals surface area (Å²) in [6.07, 6.45) is 0. The first kappa shape index (κ1) is 12.5. The molecule has 1 heterocycles. The molecule has 18 heavy (non-hydrogen) atoms. The van der Waals surface area contributed by atoms with Crippen LogP contribution in [0, 0.1) is 13.8 Å². The van der Waals surface area contributed by atoms with Crippen molar-refractivity contribution in [2.75, 3.05) is 12.4 Å². The van der Waals surface area contributed by atoms with Crippen molar-refractivity contribution in [1.82, 2.24) is 10.2 Å². The van der Waals surface area contributed by atoms with Crippen LogP contribution in [-0.2, 0) is 0 Å². The average molecular weight is 245 g/mol. The molecule has 4 heteroatoms. The number of nitrogens with zero attached hydrogens (tertiary/aromatic N) is 1. The van der Waals surface area contributed by atoms with E-state index < -0.39 is 0 Å². The molecular weight excluding hydrogens is 226 g/mol. The quantitative estimate of drug-likeness (QED) is 0.869. The van der Waals surface area contributed by atoms with Crippen LogP contribution in [0.5, 0.6) is 5.75 Å². The Bertz CT molecular complexity index is 497. The van der Waals surface area contributed by atoms with Crippen LogP contribution < -0.4 is 10.1 Å². The number of nitrogens with one attached hydrogen (secondary N) is 2. The summed E-state index contributed by atoms with van der Waals surface area (Å²) in [7, 11) is 1.68. The number of methoxy groups -OCH3 is 1. The van der Waals surface area contributed by atoms with E-state index in [0.717, 1.165) is 22.8 Å². The molecule has 0 aliphatic carbocycles. The van der Waals surface area contributed by atoms with Gasteiger partial charge in [0.15, 0.2) is 0 Å². The van der Waals surface area contributed by atoms with Gasteiger partial charge in [-0.3, -0.25) is 5.10 Å². The van der Waals surface area contributed by atoms with Crippen LogP contribution >= 0.6 is 0 Å². The molecule has 0 bridgehead atoms. The fraction of sp³-hybridized carbons (Fsp3) is 0.357. The Morgan fingerprint density at radius 3 is 2.39 bits per heavy atom. The second-order valence-corrected chi connectivity index (χ2v) is 4.45. The van der Waals surface area contributed by atoms with Crippen molar-refractivity contribution in [3.05, 3.63) is 41.2 Å². The molecule has 0 spiro atoms. The number of hydrogen-bond donors (Lipinski definition) is 2. The van der Waals surface area contributed by atoms with Gasteiger partial charge in [0, 0.05) is 6.04 Å². The van der Waals surface area contributed by atoms with Gasteiger partial charge in [0.05, 0.1) is 24.2 Å². The predicted octanol–water partition coefficient (Wildman–Crippen LogP) is 3.21. The van der Waals surface area contributed by atoms with Gasteiger partial charge in [0.2, 0.25) is 0 Å². The Morgan fingerprint density at radius 1 is 1.22 bits per heavy atom. The molecule has 0 fully saturated rings. The lowest BCUT2D eigenvalue weighted by atomic mass is 10.1. The molecule has 0 aliphatic rings. The molecule has 1 unspecified atom stereocenters. The van der Waals surface area contributed by atoms with Gasteiger partial charge in [0.1, 0.15) is 5.75 Å². The fourth-order valence-corrected chi connectivity index (χ4v) is 1.96. The Hall–Kier alpha value is -1.97. The van der Waals surface area contributed by atoms with Gasteiger partial charge in [-0.15, -0.1) is 0 Å². The van der Waals surface area contributed by atoms with Crippen molar-refractivity contribution >= 4 is 5.69 Å². The highest BCUT2D eigenvalue weighted by Gasteiger charge is 2.11. The minimum absolute atomic E-state index is 0.228. The van der Waals surface area contributed by atoms with Crippen LogP contribution in [0.2, 0.25) is 0 Å². The molecule has 1 aromatic carbocycles. The number of aromatic amines is 1. The first-order valence-corrected chi connectivity index (χ1v) is 6.04. The summed E-state index contributed by atoms with van der Waals surface area (Å²) in [6, 6.07) is 8.32. The van der Waals surface area contributed by atoms with Crippen LogP contribution in [0.1, 0.15) is 29.9 Å². The third-order valence-corrected chi connectivity index (χ3v) is 3.10. The molecule has 2 N–H and O–H groups in total. The van der Waals surface area contributed by atoms with Crippen LogP contribution in [0.15, 0.2) is 24.3 Å². The zero-order valence-corrected chi connectivity index (χ0v) is 11.2. The molecule has 96 valence electrons. The monoisotopic (exact) mass is 245 g/mol. The number of ether oxygens (including phenoxy) is 1. The van der Waals surface area contributed by atoms with E-state index >= 15 is 0 Å². The van der Waals surface area contributed by atoms with E-state index in [9.17, 15) is 0 Å². The Labute approximate surface area is 107 Å². The summed E-state index contributed by atoms with van der Waals surface area (Å²) in [5, 5.41) is 10.6. The van der Waals surface area contributed by atoms with Crippen LogP contribution in [-0.4, -0.2) is 17.3 Å². The molecule has 0 saturated heterocycles. The molecule has 0 radical (unpaired) electrons. The highest BCUT2D eigenvalue weighted by atomic mass is 16.5. The van der Waals surface area contributed by atoms with Crippen molar-refractivity contribution in [3.63, 3.8) is 0 Å². The van der Waals surface area contributed by atoms with Gasteiger partial charge in [-0.2, -0.15) is 5.10 Å². The maximum atomic E-state index is 5.16. The summed E-state index contributed by atoms with van der Waals surface area (Å²) < 4.78 is 5.16. The standard InChI is InChI=1S/C14H19N3O/c1-9(12-5-7-13(18-4)8-6-12)15-14-10(2)16-17-11(14)3/h5-9,15H,1-4H3,(H,16,17). The molecule has 4 nitrogen and oxygen atoms in total. The number of hydrogen-bond acceptors (Lipinski definition) is 3. The van der Waals surface area contributed by atoms with E-state index in [1.807, 2.05) is 26.0 Å². The van der Waals surface area contributed by atoms with E-state index in [0.29, 0.717) is 0 Å². The van der Waals surface area contributed by atoms with E-state index in [2.05, 4.69) is 34.6 Å². The second kappa shape index (κ2) is 5.12. The maximum Gasteiger partial charge on any atom is 0.118 e. The maximum absolute atomic E-state index is 5.16. The third-order valence-electron chi connectivity index (χ3n) is 3.10. The minimum atomic E-state index is 0.228. The number of aromatic nitrogens is 2. The van der Waals surface area contributed by atoms with Crippen LogP contribution in [0.3, 0.4) is 0 Å². The lowest BCUT2D eigenvalue weighted by molar-refractivity contribution is 0.414. The van der Waals surface area contributed by atoms with Gasteiger partial charge < -0.3 is 10.1 Å². The lowest BCUT2D eigenvalue weighted by Gasteiger charge is -2.16. The summed E-state index contributed by atoms with van der Waals surface area (Å²) in [5.74, 6) is 0.877. The van der Waals surface area contributed by atoms with E-state index in [1.165, 1.54) is 5.56 Å². The summed E-state index contributed by atoms with van der Waals surface area (Å²) in [5.41, 5.74) is 4.36. The van der Waals surface area contributed by atoms with E-state index in [-0.39, 0.29) is 6.04 Å². The largest absolute Gasteiger partial charge is 0.497 e. The van der Waals surface area contributed by atoms with Crippen LogP contribution in [0.25, 0.3) is 0 Å². The highest BCUT2D eigenvalue weighted by molar-refractivity contribution is 5.53. The van der Waals surface area contributed by atoms with Crippen molar-refractivity contribution in [1.29, 1.82) is 0 Å². The second-order valence-electron chi connectivity index (χ2n) is 4.45. The zero-order valence-electron chi connectivity index (χ0n) is 11.2. The van der Waals surface area contributed by atoms with Crippen molar-refractivity contribution in [3.8, 4) is 5.75 Å². The average Bonchev–Trinajstić information content (AvgIpc) is 2.70. The topological polar surface area (TPSA) is 49.9 Å². The summed E-state index contributed by atoms with van der Waals surface area (Å²) >= 11 is 0. The van der Waals surface area contributed by atoms with Gasteiger partial charge >= 0.3 is 0 Å². The number of benzene rings is 1. The normalized spacial score (nSPS) is 12.2. The van der Waals surface area contributed by atoms with Gasteiger partial charge in [-0.25, -0.2) is 0 Å². The Morgan fingerprint density at radius 2 is 1.89 bits per heavy atom. The third kappa shape index (κ3) is 2.47. The van der Waals surface area contributed by atoms with Crippen molar-refractivity contribution in [2.24, 2.45) is 0 Å². The summed E-state index contributed by atoms with van der Waals surface area (Å²) in [4.78, 5) is 0. The summed E-state index contributed by atoms with van der Waals surface area (Å²) in [6.45, 7) is 6.14. The Kier molecular flexibility index (Phi) is 3.55. The molecule has 0 saturated carbocycles. The van der Waals surface area contributed by atoms with Gasteiger partial charge in [-0.1, -0.05) is 12.1 Å². The number of anilines is 1. The molecule has 1 atom stereocenters. The number of rotatable bonds is 4. The zero-order chi connectivity index (χ0) is 13.1. The van der Waals surface area contributed by atoms with Gasteiger partial charge in [0.25, 0.3) is 0 Å². The van der Waals surface area contributed by atoms with E-state index in [4.69, 9.17) is 4.74 Å². The molecule has 2 rings (SSSR count). The molecular formula is C14H19N3O. The van der Waals surface area contributed by atoms with Crippen LogP contribution in [0.4, 0.5) is 5.69 Å². The molecule has 2 aromatic rings.